The summed E-state index contributed by atoms with van der Waals surface area (Å²) in [5.41, 5.74) is 0.459. The van der Waals surface area contributed by atoms with Crippen LogP contribution in [0.25, 0.3) is 0 Å². The molecule has 0 saturated heterocycles. The Balaban J connectivity index is 1.92. The SMILES string of the molecule is CCOc1ccccc1OCCOc1cc(OC)ccc1C#N. The van der Waals surface area contributed by atoms with E-state index < -0.39 is 0 Å². The fourth-order valence-electron chi connectivity index (χ4n) is 1.99. The Labute approximate surface area is 136 Å². The first-order chi connectivity index (χ1) is 11.3. The Morgan fingerprint density at radius 2 is 1.57 bits per heavy atom. The molecule has 0 heterocycles. The van der Waals surface area contributed by atoms with Gasteiger partial charge in [-0.15, -0.1) is 0 Å². The molecule has 0 saturated carbocycles. The zero-order chi connectivity index (χ0) is 16.5. The monoisotopic (exact) mass is 313 g/mol. The molecule has 0 aliphatic heterocycles. The molecule has 0 spiro atoms. The number of benzene rings is 2. The van der Waals surface area contributed by atoms with Gasteiger partial charge in [0.1, 0.15) is 30.8 Å². The molecule has 0 aliphatic carbocycles. The van der Waals surface area contributed by atoms with Crippen LogP contribution in [0.1, 0.15) is 12.5 Å². The number of hydrogen-bond donors (Lipinski definition) is 0. The molecular weight excluding hydrogens is 294 g/mol. The quantitative estimate of drug-likeness (QED) is 0.699. The van der Waals surface area contributed by atoms with E-state index in [1.807, 2.05) is 31.2 Å². The van der Waals surface area contributed by atoms with E-state index >= 15 is 0 Å². The summed E-state index contributed by atoms with van der Waals surface area (Å²) in [5, 5.41) is 9.09. The molecule has 0 N–H and O–H groups in total. The Hall–Kier alpha value is -2.87. The van der Waals surface area contributed by atoms with E-state index in [4.69, 9.17) is 24.2 Å². The molecule has 23 heavy (non-hydrogen) atoms. The van der Waals surface area contributed by atoms with Crippen LogP contribution in [0.4, 0.5) is 0 Å². The maximum Gasteiger partial charge on any atom is 0.161 e. The van der Waals surface area contributed by atoms with Gasteiger partial charge >= 0.3 is 0 Å². The van der Waals surface area contributed by atoms with Gasteiger partial charge in [-0.25, -0.2) is 0 Å². The lowest BCUT2D eigenvalue weighted by Gasteiger charge is -2.13. The van der Waals surface area contributed by atoms with Gasteiger partial charge in [-0.2, -0.15) is 5.26 Å². The lowest BCUT2D eigenvalue weighted by Crippen LogP contribution is -2.10. The Morgan fingerprint density at radius 1 is 0.913 bits per heavy atom. The number of nitrogens with zero attached hydrogens (tertiary/aromatic N) is 1. The van der Waals surface area contributed by atoms with Gasteiger partial charge in [0.2, 0.25) is 0 Å². The van der Waals surface area contributed by atoms with Crippen molar-refractivity contribution in [1.29, 1.82) is 5.26 Å². The highest BCUT2D eigenvalue weighted by Crippen LogP contribution is 2.27. The topological polar surface area (TPSA) is 60.7 Å². The van der Waals surface area contributed by atoms with Crippen molar-refractivity contribution >= 4 is 0 Å². The van der Waals surface area contributed by atoms with Crippen molar-refractivity contribution in [2.45, 2.75) is 6.92 Å². The van der Waals surface area contributed by atoms with Crippen LogP contribution in [0.15, 0.2) is 42.5 Å². The van der Waals surface area contributed by atoms with Gasteiger partial charge in [0.25, 0.3) is 0 Å². The van der Waals surface area contributed by atoms with Gasteiger partial charge in [0.15, 0.2) is 11.5 Å². The van der Waals surface area contributed by atoms with E-state index in [2.05, 4.69) is 6.07 Å². The number of nitriles is 1. The number of hydrogen-bond acceptors (Lipinski definition) is 5. The molecule has 0 aliphatic rings. The molecule has 5 heteroatoms. The summed E-state index contributed by atoms with van der Waals surface area (Å²) < 4.78 is 21.9. The predicted octanol–water partition coefficient (Wildman–Crippen LogP) is 3.42. The Morgan fingerprint density at radius 3 is 2.17 bits per heavy atom. The first-order valence-electron chi connectivity index (χ1n) is 7.34. The Bertz CT molecular complexity index is 679. The molecule has 0 unspecified atom stereocenters. The molecule has 5 nitrogen and oxygen atoms in total. The van der Waals surface area contributed by atoms with E-state index in [1.165, 1.54) is 0 Å². The van der Waals surface area contributed by atoms with Gasteiger partial charge < -0.3 is 18.9 Å². The van der Waals surface area contributed by atoms with Crippen LogP contribution in [-0.4, -0.2) is 26.9 Å². The van der Waals surface area contributed by atoms with E-state index in [0.717, 1.165) is 0 Å². The van der Waals surface area contributed by atoms with Gasteiger partial charge in [-0.3, -0.25) is 0 Å². The van der Waals surface area contributed by atoms with Crippen LogP contribution in [0, 0.1) is 11.3 Å². The van der Waals surface area contributed by atoms with E-state index in [9.17, 15) is 0 Å². The zero-order valence-electron chi connectivity index (χ0n) is 13.2. The highest BCUT2D eigenvalue weighted by Gasteiger charge is 2.07. The van der Waals surface area contributed by atoms with Crippen LogP contribution in [0.2, 0.25) is 0 Å². The largest absolute Gasteiger partial charge is 0.497 e. The molecule has 2 rings (SSSR count). The molecule has 0 aromatic heterocycles. The fourth-order valence-corrected chi connectivity index (χ4v) is 1.99. The minimum absolute atomic E-state index is 0.308. The van der Waals surface area contributed by atoms with Crippen molar-refractivity contribution < 1.29 is 18.9 Å². The van der Waals surface area contributed by atoms with Crippen molar-refractivity contribution in [2.75, 3.05) is 26.9 Å². The minimum atomic E-state index is 0.308. The lowest BCUT2D eigenvalue weighted by molar-refractivity contribution is 0.207. The van der Waals surface area contributed by atoms with Gasteiger partial charge in [-0.05, 0) is 31.2 Å². The molecule has 2 aromatic carbocycles. The first kappa shape index (κ1) is 16.5. The molecular formula is C18H19NO4. The van der Waals surface area contributed by atoms with E-state index in [1.54, 1.807) is 25.3 Å². The summed E-state index contributed by atoms with van der Waals surface area (Å²) >= 11 is 0. The summed E-state index contributed by atoms with van der Waals surface area (Å²) in [6, 6.07) is 14.6. The van der Waals surface area contributed by atoms with E-state index in [0.29, 0.717) is 48.4 Å². The van der Waals surface area contributed by atoms with Gasteiger partial charge in [0.05, 0.1) is 19.3 Å². The first-order valence-corrected chi connectivity index (χ1v) is 7.34. The summed E-state index contributed by atoms with van der Waals surface area (Å²) in [6.07, 6.45) is 0. The summed E-state index contributed by atoms with van der Waals surface area (Å²) in [4.78, 5) is 0. The van der Waals surface area contributed by atoms with Crippen LogP contribution in [-0.2, 0) is 0 Å². The third kappa shape index (κ3) is 4.55. The average molecular weight is 313 g/mol. The molecule has 0 bridgehead atoms. The second kappa shape index (κ2) is 8.54. The number of para-hydroxylation sites is 2. The molecule has 0 amide bonds. The number of ether oxygens (including phenoxy) is 4. The highest BCUT2D eigenvalue weighted by atomic mass is 16.5. The van der Waals surface area contributed by atoms with Crippen molar-refractivity contribution in [3.8, 4) is 29.1 Å². The normalized spacial score (nSPS) is 9.78. The lowest BCUT2D eigenvalue weighted by atomic mass is 10.2. The number of methoxy groups -OCH3 is 1. The maximum atomic E-state index is 9.09. The zero-order valence-corrected chi connectivity index (χ0v) is 13.2. The molecule has 2 aromatic rings. The average Bonchev–Trinajstić information content (AvgIpc) is 2.60. The summed E-state index contributed by atoms with van der Waals surface area (Å²) in [7, 11) is 1.57. The molecule has 0 fully saturated rings. The second-order valence-corrected chi connectivity index (χ2v) is 4.55. The highest BCUT2D eigenvalue weighted by molar-refractivity contribution is 5.47. The molecule has 0 atom stereocenters. The van der Waals surface area contributed by atoms with E-state index in [-0.39, 0.29) is 0 Å². The predicted molar refractivity (Wildman–Crippen MR) is 86.3 cm³/mol. The number of rotatable bonds is 8. The van der Waals surface area contributed by atoms with Crippen molar-refractivity contribution in [1.82, 2.24) is 0 Å². The molecule has 120 valence electrons. The summed E-state index contributed by atoms with van der Waals surface area (Å²) in [6.45, 7) is 3.15. The van der Waals surface area contributed by atoms with Crippen molar-refractivity contribution in [2.24, 2.45) is 0 Å². The van der Waals surface area contributed by atoms with Gasteiger partial charge in [-0.1, -0.05) is 12.1 Å². The third-order valence-electron chi connectivity index (χ3n) is 3.06. The van der Waals surface area contributed by atoms with Crippen molar-refractivity contribution in [3.63, 3.8) is 0 Å². The Kier molecular flexibility index (Phi) is 6.13. The van der Waals surface area contributed by atoms with Crippen LogP contribution in [0.3, 0.4) is 0 Å². The minimum Gasteiger partial charge on any atom is -0.497 e. The molecule has 0 radical (unpaired) electrons. The third-order valence-corrected chi connectivity index (χ3v) is 3.06. The van der Waals surface area contributed by atoms with Crippen LogP contribution < -0.4 is 18.9 Å². The fraction of sp³-hybridized carbons (Fsp3) is 0.278. The smallest absolute Gasteiger partial charge is 0.161 e. The van der Waals surface area contributed by atoms with Crippen molar-refractivity contribution in [3.05, 3.63) is 48.0 Å². The van der Waals surface area contributed by atoms with Crippen LogP contribution >= 0.6 is 0 Å². The standard InChI is InChI=1S/C18H19NO4/c1-3-21-16-6-4-5-7-17(16)22-10-11-23-18-12-15(20-2)9-8-14(18)13-19/h4-9,12H,3,10-11H2,1-2H3. The summed E-state index contributed by atoms with van der Waals surface area (Å²) in [5.74, 6) is 2.49. The van der Waals surface area contributed by atoms with Gasteiger partial charge in [0, 0.05) is 6.07 Å². The van der Waals surface area contributed by atoms with Crippen LogP contribution in [0.5, 0.6) is 23.0 Å². The second-order valence-electron chi connectivity index (χ2n) is 4.55. The maximum absolute atomic E-state index is 9.09.